The molecule has 0 aromatic heterocycles. The number of anilines is 4. The minimum absolute atomic E-state index is 0.0508. The van der Waals surface area contributed by atoms with Crippen LogP contribution < -0.4 is 10.6 Å². The molecule has 0 spiro atoms. The fourth-order valence-electron chi connectivity index (χ4n) is 4.29. The average molecular weight is 377 g/mol. The van der Waals surface area contributed by atoms with E-state index in [9.17, 15) is 0 Å². The van der Waals surface area contributed by atoms with E-state index in [1.165, 1.54) is 22.3 Å². The van der Waals surface area contributed by atoms with E-state index >= 15 is 0 Å². The SMILES string of the molecule is CC1(C)c2ccccc2-c2cc(Nc3ccc(Nc4ccccc4)cc3)ccc21. The summed E-state index contributed by atoms with van der Waals surface area (Å²) in [7, 11) is 0. The molecule has 0 fully saturated rings. The first-order valence-corrected chi connectivity index (χ1v) is 10.0. The van der Waals surface area contributed by atoms with Gasteiger partial charge >= 0.3 is 0 Å². The fourth-order valence-corrected chi connectivity index (χ4v) is 4.29. The summed E-state index contributed by atoms with van der Waals surface area (Å²) in [4.78, 5) is 0. The summed E-state index contributed by atoms with van der Waals surface area (Å²) in [6.45, 7) is 4.62. The second-order valence-electron chi connectivity index (χ2n) is 8.12. The van der Waals surface area contributed by atoms with Crippen LogP contribution in [0.1, 0.15) is 25.0 Å². The molecule has 0 bridgehead atoms. The van der Waals surface area contributed by atoms with Crippen LogP contribution in [0.3, 0.4) is 0 Å². The standard InChI is InChI=1S/C27H24N2/c1-27(2)25-11-7-6-10-23(25)24-18-22(16-17-26(24)27)29-21-14-12-20(13-15-21)28-19-8-4-3-5-9-19/h3-18,28-29H,1-2H3. The molecule has 4 aromatic rings. The Morgan fingerprint density at radius 1 is 0.483 bits per heavy atom. The van der Waals surface area contributed by atoms with Crippen LogP contribution in [-0.4, -0.2) is 0 Å². The van der Waals surface area contributed by atoms with E-state index in [1.807, 2.05) is 18.2 Å². The molecule has 2 nitrogen and oxygen atoms in total. The molecule has 1 aliphatic carbocycles. The second-order valence-corrected chi connectivity index (χ2v) is 8.12. The Balaban J connectivity index is 1.39. The van der Waals surface area contributed by atoms with Crippen molar-refractivity contribution in [3.63, 3.8) is 0 Å². The highest BCUT2D eigenvalue weighted by atomic mass is 14.9. The molecule has 0 radical (unpaired) electrons. The number of hydrogen-bond acceptors (Lipinski definition) is 2. The molecule has 0 heterocycles. The highest BCUT2D eigenvalue weighted by molar-refractivity contribution is 5.83. The Hall–Kier alpha value is -3.52. The van der Waals surface area contributed by atoms with Crippen molar-refractivity contribution < 1.29 is 0 Å². The van der Waals surface area contributed by atoms with Gasteiger partial charge in [-0.2, -0.15) is 0 Å². The lowest BCUT2D eigenvalue weighted by Gasteiger charge is -2.21. The lowest BCUT2D eigenvalue weighted by molar-refractivity contribution is 0.660. The largest absolute Gasteiger partial charge is 0.356 e. The van der Waals surface area contributed by atoms with Crippen molar-refractivity contribution in [3.05, 3.63) is 108 Å². The van der Waals surface area contributed by atoms with Gasteiger partial charge in [0, 0.05) is 28.2 Å². The topological polar surface area (TPSA) is 24.1 Å². The van der Waals surface area contributed by atoms with Crippen molar-refractivity contribution in [2.45, 2.75) is 19.3 Å². The molecule has 0 aliphatic heterocycles. The summed E-state index contributed by atoms with van der Waals surface area (Å²) in [6.07, 6.45) is 0. The molecule has 0 saturated carbocycles. The number of benzene rings is 4. The van der Waals surface area contributed by atoms with Crippen LogP contribution in [0.5, 0.6) is 0 Å². The van der Waals surface area contributed by atoms with Crippen LogP contribution >= 0.6 is 0 Å². The molecule has 5 rings (SSSR count). The number of fused-ring (bicyclic) bond motifs is 3. The lowest BCUT2D eigenvalue weighted by atomic mass is 9.82. The quantitative estimate of drug-likeness (QED) is 0.386. The summed E-state index contributed by atoms with van der Waals surface area (Å²) in [5.74, 6) is 0. The first-order chi connectivity index (χ1) is 14.1. The Labute approximate surface area is 172 Å². The predicted molar refractivity (Wildman–Crippen MR) is 123 cm³/mol. The van der Waals surface area contributed by atoms with Gasteiger partial charge in [0.05, 0.1) is 0 Å². The highest BCUT2D eigenvalue weighted by Gasteiger charge is 2.34. The van der Waals surface area contributed by atoms with Crippen molar-refractivity contribution in [1.29, 1.82) is 0 Å². The van der Waals surface area contributed by atoms with Gasteiger partial charge in [0.15, 0.2) is 0 Å². The zero-order valence-electron chi connectivity index (χ0n) is 16.7. The number of nitrogens with one attached hydrogen (secondary N) is 2. The summed E-state index contributed by atoms with van der Waals surface area (Å²) < 4.78 is 0. The van der Waals surface area contributed by atoms with Crippen molar-refractivity contribution in [2.75, 3.05) is 10.6 Å². The van der Waals surface area contributed by atoms with Gasteiger partial charge in [0.1, 0.15) is 0 Å². The molecule has 142 valence electrons. The van der Waals surface area contributed by atoms with Crippen molar-refractivity contribution in [1.82, 2.24) is 0 Å². The van der Waals surface area contributed by atoms with Crippen LogP contribution in [0.4, 0.5) is 22.7 Å². The minimum atomic E-state index is 0.0508. The van der Waals surface area contributed by atoms with Gasteiger partial charge in [-0.1, -0.05) is 62.4 Å². The molecule has 0 atom stereocenters. The molecule has 1 aliphatic rings. The van der Waals surface area contributed by atoms with Crippen LogP contribution in [-0.2, 0) is 5.41 Å². The Bertz CT molecular complexity index is 1160. The van der Waals surface area contributed by atoms with Crippen LogP contribution in [0.25, 0.3) is 11.1 Å². The van der Waals surface area contributed by atoms with Crippen molar-refractivity contribution >= 4 is 22.7 Å². The smallest absolute Gasteiger partial charge is 0.0390 e. The summed E-state index contributed by atoms with van der Waals surface area (Å²) in [6, 6.07) is 34.1. The van der Waals surface area contributed by atoms with Gasteiger partial charge in [-0.15, -0.1) is 0 Å². The zero-order valence-corrected chi connectivity index (χ0v) is 16.7. The van der Waals surface area contributed by atoms with Gasteiger partial charge in [-0.3, -0.25) is 0 Å². The molecular formula is C27H24N2. The van der Waals surface area contributed by atoms with E-state index in [-0.39, 0.29) is 5.41 Å². The van der Waals surface area contributed by atoms with E-state index in [4.69, 9.17) is 0 Å². The summed E-state index contributed by atoms with van der Waals surface area (Å²) in [5.41, 5.74) is 9.88. The van der Waals surface area contributed by atoms with Gasteiger partial charge in [0.25, 0.3) is 0 Å². The molecule has 0 unspecified atom stereocenters. The number of para-hydroxylation sites is 1. The summed E-state index contributed by atoms with van der Waals surface area (Å²) in [5, 5.41) is 6.98. The van der Waals surface area contributed by atoms with Crippen molar-refractivity contribution in [2.24, 2.45) is 0 Å². The average Bonchev–Trinajstić information content (AvgIpc) is 2.97. The van der Waals surface area contributed by atoms with E-state index < -0.39 is 0 Å². The Morgan fingerprint density at radius 3 is 1.72 bits per heavy atom. The normalized spacial score (nSPS) is 13.4. The van der Waals surface area contributed by atoms with Gasteiger partial charge < -0.3 is 10.6 Å². The fraction of sp³-hybridized carbons (Fsp3) is 0.111. The maximum atomic E-state index is 3.56. The van der Waals surface area contributed by atoms with E-state index in [2.05, 4.69) is 103 Å². The second kappa shape index (κ2) is 6.82. The van der Waals surface area contributed by atoms with E-state index in [0.717, 1.165) is 22.7 Å². The first kappa shape index (κ1) is 17.6. The minimum Gasteiger partial charge on any atom is -0.356 e. The number of rotatable bonds is 4. The van der Waals surface area contributed by atoms with Crippen molar-refractivity contribution in [3.8, 4) is 11.1 Å². The Kier molecular flexibility index (Phi) is 4.13. The highest BCUT2D eigenvalue weighted by Crippen LogP contribution is 2.49. The maximum Gasteiger partial charge on any atom is 0.0390 e. The predicted octanol–water partition coefficient (Wildman–Crippen LogP) is 7.48. The third kappa shape index (κ3) is 3.17. The van der Waals surface area contributed by atoms with Crippen LogP contribution in [0, 0.1) is 0 Å². The first-order valence-electron chi connectivity index (χ1n) is 10.0. The summed E-state index contributed by atoms with van der Waals surface area (Å²) >= 11 is 0. The number of hydrogen-bond donors (Lipinski definition) is 2. The van der Waals surface area contributed by atoms with Crippen LogP contribution in [0.15, 0.2) is 97.1 Å². The molecule has 0 saturated heterocycles. The van der Waals surface area contributed by atoms with Gasteiger partial charge in [0.2, 0.25) is 0 Å². The van der Waals surface area contributed by atoms with E-state index in [1.54, 1.807) is 0 Å². The lowest BCUT2D eigenvalue weighted by Crippen LogP contribution is -2.14. The molecule has 0 amide bonds. The third-order valence-corrected chi connectivity index (χ3v) is 5.82. The monoisotopic (exact) mass is 376 g/mol. The zero-order chi connectivity index (χ0) is 19.8. The molecule has 2 heteroatoms. The maximum absolute atomic E-state index is 3.56. The molecule has 29 heavy (non-hydrogen) atoms. The van der Waals surface area contributed by atoms with Gasteiger partial charge in [-0.25, -0.2) is 0 Å². The van der Waals surface area contributed by atoms with Gasteiger partial charge in [-0.05, 0) is 70.8 Å². The van der Waals surface area contributed by atoms with Crippen LogP contribution in [0.2, 0.25) is 0 Å². The third-order valence-electron chi connectivity index (χ3n) is 5.82. The molecule has 4 aromatic carbocycles. The molecular weight excluding hydrogens is 352 g/mol. The Morgan fingerprint density at radius 2 is 1.00 bits per heavy atom. The molecule has 2 N–H and O–H groups in total. The van der Waals surface area contributed by atoms with E-state index in [0.29, 0.717) is 0 Å².